The number of carbonyl (C=O) groups excluding carboxylic acids is 2. The van der Waals surface area contributed by atoms with Crippen LogP contribution in [0.15, 0.2) is 52.2 Å². The second-order valence-corrected chi connectivity index (χ2v) is 6.00. The molecule has 0 spiro atoms. The van der Waals surface area contributed by atoms with Crippen molar-refractivity contribution in [3.63, 3.8) is 0 Å². The molecule has 0 aliphatic rings. The van der Waals surface area contributed by atoms with Crippen LogP contribution in [0.1, 0.15) is 19.4 Å². The van der Waals surface area contributed by atoms with Crippen LogP contribution in [0, 0.1) is 0 Å². The number of hydrogen-bond donors (Lipinski definition) is 1. The van der Waals surface area contributed by atoms with Gasteiger partial charge in [-0.25, -0.2) is 4.79 Å². The standard InChI is InChI=1S/C18H21N3O5/c1-13(2)21(10-14-6-4-3-5-7-14)16(23)12-26-17(24)11-20-9-8-15(22)19-18(20)25/h3-9,13H,10-12H2,1-2H3,(H,19,22,25). The van der Waals surface area contributed by atoms with Gasteiger partial charge < -0.3 is 9.64 Å². The van der Waals surface area contributed by atoms with E-state index >= 15 is 0 Å². The molecule has 2 rings (SSSR count). The van der Waals surface area contributed by atoms with Crippen LogP contribution in [-0.4, -0.2) is 39.0 Å². The molecule has 1 amide bonds. The average molecular weight is 359 g/mol. The Hall–Kier alpha value is -3.16. The summed E-state index contributed by atoms with van der Waals surface area (Å²) in [6.07, 6.45) is 1.19. The highest BCUT2D eigenvalue weighted by Crippen LogP contribution is 2.08. The van der Waals surface area contributed by atoms with Gasteiger partial charge >= 0.3 is 11.7 Å². The molecule has 0 unspecified atom stereocenters. The molecule has 0 bridgehead atoms. The van der Waals surface area contributed by atoms with Crippen LogP contribution in [0.3, 0.4) is 0 Å². The number of hydrogen-bond acceptors (Lipinski definition) is 5. The number of aromatic nitrogens is 2. The number of carbonyl (C=O) groups is 2. The molecule has 138 valence electrons. The first-order chi connectivity index (χ1) is 12.4. The van der Waals surface area contributed by atoms with E-state index in [-0.39, 0.29) is 18.5 Å². The zero-order chi connectivity index (χ0) is 19.1. The normalized spacial score (nSPS) is 10.6. The smallest absolute Gasteiger partial charge is 0.328 e. The van der Waals surface area contributed by atoms with Gasteiger partial charge in [-0.2, -0.15) is 0 Å². The molecule has 1 heterocycles. The van der Waals surface area contributed by atoms with E-state index in [1.54, 1.807) is 4.90 Å². The molecule has 0 saturated carbocycles. The summed E-state index contributed by atoms with van der Waals surface area (Å²) < 4.78 is 5.98. The number of H-pyrrole nitrogens is 1. The molecule has 1 aromatic heterocycles. The van der Waals surface area contributed by atoms with Gasteiger partial charge in [-0.1, -0.05) is 30.3 Å². The lowest BCUT2D eigenvalue weighted by molar-refractivity contribution is -0.153. The molecular weight excluding hydrogens is 338 g/mol. The largest absolute Gasteiger partial charge is 0.454 e. The summed E-state index contributed by atoms with van der Waals surface area (Å²) in [5, 5.41) is 0. The Morgan fingerprint density at radius 2 is 1.85 bits per heavy atom. The molecule has 0 aliphatic heterocycles. The molecule has 0 radical (unpaired) electrons. The minimum absolute atomic E-state index is 0.0665. The van der Waals surface area contributed by atoms with Crippen molar-refractivity contribution in [2.24, 2.45) is 0 Å². The number of rotatable bonds is 7. The maximum Gasteiger partial charge on any atom is 0.328 e. The second kappa shape index (κ2) is 8.80. The Bertz CT molecular complexity index is 870. The van der Waals surface area contributed by atoms with Crippen LogP contribution in [0.4, 0.5) is 0 Å². The molecule has 0 aliphatic carbocycles. The van der Waals surface area contributed by atoms with Gasteiger partial charge in [0.15, 0.2) is 6.61 Å². The molecule has 2 aromatic rings. The molecule has 0 saturated heterocycles. The lowest BCUT2D eigenvalue weighted by Crippen LogP contribution is -2.39. The lowest BCUT2D eigenvalue weighted by atomic mass is 10.2. The average Bonchev–Trinajstić information content (AvgIpc) is 2.60. The van der Waals surface area contributed by atoms with E-state index in [1.165, 1.54) is 6.20 Å². The summed E-state index contributed by atoms with van der Waals surface area (Å²) >= 11 is 0. The first kappa shape index (κ1) is 19.2. The first-order valence-electron chi connectivity index (χ1n) is 8.15. The fourth-order valence-corrected chi connectivity index (χ4v) is 2.32. The Kier molecular flexibility index (Phi) is 6.48. The lowest BCUT2D eigenvalue weighted by Gasteiger charge is -2.26. The topological polar surface area (TPSA) is 101 Å². The molecular formula is C18H21N3O5. The fraction of sp³-hybridized carbons (Fsp3) is 0.333. The fourth-order valence-electron chi connectivity index (χ4n) is 2.32. The van der Waals surface area contributed by atoms with Crippen molar-refractivity contribution in [2.45, 2.75) is 33.0 Å². The predicted octanol–water partition coefficient (Wildman–Crippen LogP) is 0.517. The van der Waals surface area contributed by atoms with E-state index in [9.17, 15) is 19.2 Å². The van der Waals surface area contributed by atoms with Gasteiger partial charge in [0.25, 0.3) is 11.5 Å². The van der Waals surface area contributed by atoms with Crippen molar-refractivity contribution in [1.29, 1.82) is 0 Å². The summed E-state index contributed by atoms with van der Waals surface area (Å²) in [6.45, 7) is 3.37. The number of aromatic amines is 1. The molecule has 1 N–H and O–H groups in total. The third kappa shape index (κ3) is 5.44. The second-order valence-electron chi connectivity index (χ2n) is 6.00. The van der Waals surface area contributed by atoms with E-state index < -0.39 is 23.8 Å². The van der Waals surface area contributed by atoms with Gasteiger partial charge in [-0.15, -0.1) is 0 Å². The Balaban J connectivity index is 1.93. The predicted molar refractivity (Wildman–Crippen MR) is 94.4 cm³/mol. The van der Waals surface area contributed by atoms with E-state index in [2.05, 4.69) is 0 Å². The molecule has 0 atom stereocenters. The molecule has 8 nitrogen and oxygen atoms in total. The monoisotopic (exact) mass is 359 g/mol. The van der Waals surface area contributed by atoms with Crippen LogP contribution in [0.5, 0.6) is 0 Å². The Labute approximate surface area is 150 Å². The van der Waals surface area contributed by atoms with Crippen molar-refractivity contribution >= 4 is 11.9 Å². The summed E-state index contributed by atoms with van der Waals surface area (Å²) in [5.41, 5.74) is -0.294. The van der Waals surface area contributed by atoms with Crippen molar-refractivity contribution in [3.8, 4) is 0 Å². The van der Waals surface area contributed by atoms with Gasteiger partial charge in [0.2, 0.25) is 0 Å². The molecule has 8 heteroatoms. The number of nitrogens with zero attached hydrogens (tertiary/aromatic N) is 2. The highest BCUT2D eigenvalue weighted by Gasteiger charge is 2.19. The minimum Gasteiger partial charge on any atom is -0.454 e. The van der Waals surface area contributed by atoms with E-state index in [0.717, 1.165) is 16.2 Å². The van der Waals surface area contributed by atoms with Crippen LogP contribution in [0.2, 0.25) is 0 Å². The van der Waals surface area contributed by atoms with Crippen molar-refractivity contribution in [3.05, 3.63) is 69.0 Å². The van der Waals surface area contributed by atoms with Crippen LogP contribution in [-0.2, 0) is 27.4 Å². The van der Waals surface area contributed by atoms with Crippen molar-refractivity contribution in [1.82, 2.24) is 14.5 Å². The molecule has 0 fully saturated rings. The summed E-state index contributed by atoms with van der Waals surface area (Å²) in [7, 11) is 0. The van der Waals surface area contributed by atoms with E-state index in [1.807, 2.05) is 49.2 Å². The van der Waals surface area contributed by atoms with Gasteiger partial charge in [0.1, 0.15) is 6.54 Å². The Morgan fingerprint density at radius 1 is 1.15 bits per heavy atom. The maximum atomic E-state index is 12.4. The maximum absolute atomic E-state index is 12.4. The third-order valence-electron chi connectivity index (χ3n) is 3.69. The molecule has 1 aromatic carbocycles. The minimum atomic E-state index is -0.740. The van der Waals surface area contributed by atoms with Gasteiger partial charge in [-0.05, 0) is 19.4 Å². The zero-order valence-electron chi connectivity index (χ0n) is 14.7. The third-order valence-corrected chi connectivity index (χ3v) is 3.69. The van der Waals surface area contributed by atoms with Crippen molar-refractivity contribution in [2.75, 3.05) is 6.61 Å². The van der Waals surface area contributed by atoms with Crippen LogP contribution >= 0.6 is 0 Å². The van der Waals surface area contributed by atoms with E-state index in [4.69, 9.17) is 4.74 Å². The zero-order valence-corrected chi connectivity index (χ0v) is 14.7. The number of ether oxygens (including phenoxy) is 1. The number of benzene rings is 1. The van der Waals surface area contributed by atoms with Crippen LogP contribution < -0.4 is 11.2 Å². The van der Waals surface area contributed by atoms with E-state index in [0.29, 0.717) is 6.54 Å². The quantitative estimate of drug-likeness (QED) is 0.726. The summed E-state index contributed by atoms with van der Waals surface area (Å²) in [4.78, 5) is 50.4. The van der Waals surface area contributed by atoms with Gasteiger partial charge in [-0.3, -0.25) is 23.9 Å². The highest BCUT2D eigenvalue weighted by atomic mass is 16.5. The molecule has 26 heavy (non-hydrogen) atoms. The first-order valence-corrected chi connectivity index (χ1v) is 8.15. The summed E-state index contributed by atoms with van der Waals surface area (Å²) in [6, 6.07) is 10.6. The van der Waals surface area contributed by atoms with Crippen LogP contribution in [0.25, 0.3) is 0 Å². The number of nitrogens with one attached hydrogen (secondary N) is 1. The number of amides is 1. The highest BCUT2D eigenvalue weighted by molar-refractivity contribution is 5.80. The summed E-state index contributed by atoms with van der Waals surface area (Å²) in [5.74, 6) is -1.07. The van der Waals surface area contributed by atoms with Crippen molar-refractivity contribution < 1.29 is 14.3 Å². The van der Waals surface area contributed by atoms with Gasteiger partial charge in [0.05, 0.1) is 0 Å². The Morgan fingerprint density at radius 3 is 2.46 bits per heavy atom. The number of esters is 1. The SMILES string of the molecule is CC(C)N(Cc1ccccc1)C(=O)COC(=O)Cn1ccc(=O)[nH]c1=O. The van der Waals surface area contributed by atoms with Gasteiger partial charge in [0, 0.05) is 24.8 Å².